The minimum Gasteiger partial charge on any atom is -0.760 e. The summed E-state index contributed by atoms with van der Waals surface area (Å²) in [6.45, 7) is 2.10. The lowest BCUT2D eigenvalue weighted by Gasteiger charge is -2.43. The van der Waals surface area contributed by atoms with Crippen molar-refractivity contribution >= 4 is 11.3 Å². The molecule has 7 heteroatoms. The second kappa shape index (κ2) is 8.35. The Kier molecular flexibility index (Phi) is 5.71. The Labute approximate surface area is 184 Å². The predicted octanol–water partition coefficient (Wildman–Crippen LogP) is 3.77. The van der Waals surface area contributed by atoms with Crippen LogP contribution in [0.4, 0.5) is 8.78 Å². The first-order valence-electron chi connectivity index (χ1n) is 11.1. The second-order valence-electron chi connectivity index (χ2n) is 9.39. The van der Waals surface area contributed by atoms with Crippen LogP contribution < -0.4 is 4.72 Å². The first-order chi connectivity index (χ1) is 14.9. The van der Waals surface area contributed by atoms with E-state index in [1.807, 2.05) is 12.1 Å². The van der Waals surface area contributed by atoms with Gasteiger partial charge in [0.1, 0.15) is 11.6 Å². The molecule has 2 aromatic carbocycles. The van der Waals surface area contributed by atoms with Crippen molar-refractivity contribution in [3.05, 3.63) is 70.3 Å². The molecule has 2 aliphatic carbocycles. The lowest BCUT2D eigenvalue weighted by atomic mass is 9.73. The molecule has 0 spiro atoms. The Balaban J connectivity index is 1.47. The Morgan fingerprint density at radius 3 is 2.58 bits per heavy atom. The van der Waals surface area contributed by atoms with Gasteiger partial charge in [-0.05, 0) is 98.5 Å². The van der Waals surface area contributed by atoms with Crippen LogP contribution in [0.25, 0.3) is 0 Å². The first kappa shape index (κ1) is 21.2. The lowest BCUT2D eigenvalue weighted by Crippen LogP contribution is -2.53. The monoisotopic (exact) mass is 445 g/mol. The summed E-state index contributed by atoms with van der Waals surface area (Å²) in [6.07, 6.45) is 5.45. The maximum atomic E-state index is 15.1. The smallest absolute Gasteiger partial charge is 0.126 e. The van der Waals surface area contributed by atoms with Gasteiger partial charge in [0.05, 0.1) is 0 Å². The van der Waals surface area contributed by atoms with Gasteiger partial charge in [-0.25, -0.2) is 13.5 Å². The van der Waals surface area contributed by atoms with E-state index in [0.29, 0.717) is 24.4 Å². The molecule has 1 saturated heterocycles. The number of hydrogen-bond acceptors (Lipinski definition) is 3. The number of nitrogens with one attached hydrogen (secondary N) is 1. The Morgan fingerprint density at radius 1 is 1.16 bits per heavy atom. The molecule has 0 amide bonds. The van der Waals surface area contributed by atoms with E-state index in [9.17, 15) is 13.2 Å². The van der Waals surface area contributed by atoms with Crippen LogP contribution in [-0.4, -0.2) is 38.3 Å². The summed E-state index contributed by atoms with van der Waals surface area (Å²) in [5.74, 6) is -0.313. The minimum absolute atomic E-state index is 0.176. The highest BCUT2D eigenvalue weighted by atomic mass is 32.2. The molecule has 0 bridgehead atoms. The van der Waals surface area contributed by atoms with Crippen molar-refractivity contribution in [3.8, 4) is 0 Å². The van der Waals surface area contributed by atoms with Crippen LogP contribution in [0.1, 0.15) is 53.9 Å². The minimum atomic E-state index is -2.37. The molecule has 31 heavy (non-hydrogen) atoms. The molecule has 3 aliphatic rings. The van der Waals surface area contributed by atoms with E-state index in [-0.39, 0.29) is 17.6 Å². The van der Waals surface area contributed by atoms with Gasteiger partial charge >= 0.3 is 0 Å². The Bertz CT molecular complexity index is 1010. The van der Waals surface area contributed by atoms with E-state index >= 15 is 4.39 Å². The molecule has 2 aromatic rings. The summed E-state index contributed by atoms with van der Waals surface area (Å²) in [5, 5.41) is 0. The molecule has 5 rings (SSSR count). The number of halogens is 2. The predicted molar refractivity (Wildman–Crippen MR) is 115 cm³/mol. The van der Waals surface area contributed by atoms with Crippen LogP contribution in [0.3, 0.4) is 0 Å². The van der Waals surface area contributed by atoms with Crippen molar-refractivity contribution in [1.82, 2.24) is 9.62 Å². The average molecular weight is 446 g/mol. The lowest BCUT2D eigenvalue weighted by molar-refractivity contribution is 0.106. The van der Waals surface area contributed by atoms with Gasteiger partial charge in [0.25, 0.3) is 0 Å². The molecule has 166 valence electrons. The topological polar surface area (TPSA) is 55.4 Å². The molecule has 4 nitrogen and oxygen atoms in total. The molecule has 2 fully saturated rings. The van der Waals surface area contributed by atoms with Gasteiger partial charge in [0.2, 0.25) is 0 Å². The summed E-state index contributed by atoms with van der Waals surface area (Å²) in [5.41, 5.74) is 3.12. The van der Waals surface area contributed by atoms with E-state index < -0.39 is 16.8 Å². The summed E-state index contributed by atoms with van der Waals surface area (Å²) in [7, 11) is 0. The van der Waals surface area contributed by atoms with Crippen LogP contribution >= 0.6 is 0 Å². The SMILES string of the molecule is O=S([O-])NC1(Cc2cc3c(cc2F)CC(N2CCC2)C3Cc2cccc(F)c2)CCC1. The highest BCUT2D eigenvalue weighted by Gasteiger charge is 2.41. The number of fused-ring (bicyclic) bond motifs is 1. The maximum absolute atomic E-state index is 15.1. The largest absolute Gasteiger partial charge is 0.760 e. The normalized spacial score (nSPS) is 25.5. The fraction of sp³-hybridized carbons (Fsp3) is 0.500. The molecular weight excluding hydrogens is 418 g/mol. The van der Waals surface area contributed by atoms with E-state index in [1.54, 1.807) is 18.2 Å². The fourth-order valence-electron chi connectivity index (χ4n) is 5.59. The molecule has 0 radical (unpaired) electrons. The molecular formula is C24H27F2N2O2S-. The number of hydrogen-bond donors (Lipinski definition) is 1. The molecule has 3 atom stereocenters. The van der Waals surface area contributed by atoms with Gasteiger partial charge in [-0.2, -0.15) is 0 Å². The van der Waals surface area contributed by atoms with Crippen molar-refractivity contribution in [1.29, 1.82) is 0 Å². The first-order valence-corrected chi connectivity index (χ1v) is 12.2. The number of nitrogens with zero attached hydrogens (tertiary/aromatic N) is 1. The average Bonchev–Trinajstić information content (AvgIpc) is 2.95. The van der Waals surface area contributed by atoms with E-state index in [2.05, 4.69) is 9.62 Å². The quantitative estimate of drug-likeness (QED) is 0.660. The zero-order chi connectivity index (χ0) is 21.6. The van der Waals surface area contributed by atoms with E-state index in [4.69, 9.17) is 0 Å². The fourth-order valence-corrected chi connectivity index (χ4v) is 6.22. The summed E-state index contributed by atoms with van der Waals surface area (Å²) in [4.78, 5) is 2.46. The molecule has 1 N–H and O–H groups in total. The van der Waals surface area contributed by atoms with Crippen LogP contribution in [0.2, 0.25) is 0 Å². The molecule has 1 saturated carbocycles. The van der Waals surface area contributed by atoms with Gasteiger partial charge in [-0.3, -0.25) is 9.11 Å². The van der Waals surface area contributed by atoms with Gasteiger partial charge in [0, 0.05) is 28.8 Å². The van der Waals surface area contributed by atoms with E-state index in [1.165, 1.54) is 12.5 Å². The highest BCUT2D eigenvalue weighted by molar-refractivity contribution is 7.77. The van der Waals surface area contributed by atoms with E-state index in [0.717, 1.165) is 55.5 Å². The third-order valence-electron chi connectivity index (χ3n) is 7.44. The number of likely N-dealkylation sites (tertiary alicyclic amines) is 1. The molecule has 1 aliphatic heterocycles. The Hall–Kier alpha value is -1.67. The standard InChI is InChI=1S/C24H28F2N2O2S/c25-19-5-1-4-16(10-19)11-21-20-12-18(15-24(6-2-7-24)27-31(29)30)22(26)13-17(20)14-23(21)28-8-3-9-28/h1,4-5,10,12-13,21,23,27H,2-3,6-9,11,14-15H2,(H,29,30)/p-1. The van der Waals surface area contributed by atoms with Crippen LogP contribution in [0.15, 0.2) is 36.4 Å². The summed E-state index contributed by atoms with van der Waals surface area (Å²) < 4.78 is 54.0. The third kappa shape index (κ3) is 4.21. The Morgan fingerprint density at radius 2 is 1.97 bits per heavy atom. The van der Waals surface area contributed by atoms with Crippen molar-refractivity contribution in [2.45, 2.75) is 62.4 Å². The highest BCUT2D eigenvalue weighted by Crippen LogP contribution is 2.43. The van der Waals surface area contributed by atoms with Crippen LogP contribution in [0.5, 0.6) is 0 Å². The third-order valence-corrected chi connectivity index (χ3v) is 8.04. The van der Waals surface area contributed by atoms with Crippen LogP contribution in [-0.2, 0) is 30.5 Å². The van der Waals surface area contributed by atoms with Gasteiger partial charge in [0.15, 0.2) is 0 Å². The van der Waals surface area contributed by atoms with Crippen molar-refractivity contribution in [2.75, 3.05) is 13.1 Å². The number of rotatable bonds is 7. The van der Waals surface area contributed by atoms with Crippen molar-refractivity contribution in [3.63, 3.8) is 0 Å². The second-order valence-corrected chi connectivity index (χ2v) is 10.1. The zero-order valence-corrected chi connectivity index (χ0v) is 18.2. The summed E-state index contributed by atoms with van der Waals surface area (Å²) >= 11 is -2.37. The zero-order valence-electron chi connectivity index (χ0n) is 17.4. The summed E-state index contributed by atoms with van der Waals surface area (Å²) in [6, 6.07) is 10.7. The number of benzene rings is 2. The molecule has 0 aromatic heterocycles. The van der Waals surface area contributed by atoms with Crippen molar-refractivity contribution in [2.24, 2.45) is 0 Å². The molecule has 1 heterocycles. The van der Waals surface area contributed by atoms with Crippen molar-refractivity contribution < 1.29 is 17.5 Å². The van der Waals surface area contributed by atoms with Gasteiger partial charge < -0.3 is 4.55 Å². The maximum Gasteiger partial charge on any atom is 0.126 e. The van der Waals surface area contributed by atoms with Gasteiger partial charge in [-0.15, -0.1) is 0 Å². The van der Waals surface area contributed by atoms with Gasteiger partial charge in [-0.1, -0.05) is 18.2 Å². The molecule has 3 unspecified atom stereocenters. The van der Waals surface area contributed by atoms with Crippen LogP contribution in [0, 0.1) is 11.6 Å².